The standard InChI is InChI=1S/C29H37.C15H14.C9H13.2ClH.Zr/c1-21-14-13-15-22-20-27(6)25(4)18-10-9-16-23(25,2)24(3)17-11-12-19-26(24,5)29(27,8)28(21,22)7;1-12-3-7-14(8-4-12)11-15-9-5-13(2)6-10-15;1-6-5-7(2)9(4)8(6)3;;;/h9-20,22H,1-8H3;3-10H,1-2H3;6H,1-4H3;2*1H;/q-1;;-1;;;+2/p-2. The van der Waals surface area contributed by atoms with E-state index in [4.69, 9.17) is 0 Å². The van der Waals surface area contributed by atoms with E-state index in [1.165, 1.54) is 72.0 Å². The van der Waals surface area contributed by atoms with Crippen molar-refractivity contribution >= 4 is 3.21 Å². The zero-order valence-corrected chi connectivity index (χ0v) is 40.4. The van der Waals surface area contributed by atoms with Gasteiger partial charge in [-0.1, -0.05) is 141 Å². The van der Waals surface area contributed by atoms with Crippen molar-refractivity contribution in [2.75, 3.05) is 0 Å². The molecule has 0 aliphatic heterocycles. The molecule has 0 saturated heterocycles. The summed E-state index contributed by atoms with van der Waals surface area (Å²) in [4.78, 5) is 0. The molecule has 8 rings (SSSR count). The second-order valence-electron chi connectivity index (χ2n) is 18.6. The monoisotopic (exact) mass is 860 g/mol. The second kappa shape index (κ2) is 16.0. The van der Waals surface area contributed by atoms with Gasteiger partial charge in [-0.15, -0.1) is 24.3 Å². The molecule has 2 saturated carbocycles. The topological polar surface area (TPSA) is 0 Å². The van der Waals surface area contributed by atoms with Crippen molar-refractivity contribution in [3.8, 4) is 0 Å². The van der Waals surface area contributed by atoms with E-state index in [1.54, 1.807) is 0 Å². The van der Waals surface area contributed by atoms with Gasteiger partial charge < -0.3 is 31.2 Å². The zero-order valence-electron chi connectivity index (χ0n) is 36.5. The Kier molecular flexibility index (Phi) is 13.3. The Morgan fingerprint density at radius 1 is 0.607 bits per heavy atom. The van der Waals surface area contributed by atoms with E-state index in [0.29, 0.717) is 11.8 Å². The van der Waals surface area contributed by atoms with E-state index in [0.717, 1.165) is 0 Å². The summed E-state index contributed by atoms with van der Waals surface area (Å²) in [6, 6.07) is 17.5. The van der Waals surface area contributed by atoms with Gasteiger partial charge in [-0.2, -0.15) is 11.1 Å². The van der Waals surface area contributed by atoms with E-state index < -0.39 is 0 Å². The van der Waals surface area contributed by atoms with Crippen LogP contribution in [-0.4, -0.2) is 3.21 Å². The minimum Gasteiger partial charge on any atom is -1.00 e. The third-order valence-electron chi connectivity index (χ3n) is 17.0. The molecule has 0 nitrogen and oxygen atoms in total. The van der Waals surface area contributed by atoms with Crippen molar-refractivity contribution in [1.29, 1.82) is 0 Å². The van der Waals surface area contributed by atoms with Gasteiger partial charge in [-0.25, -0.2) is 5.57 Å². The maximum atomic E-state index is 3.36. The molecule has 0 amide bonds. The molecule has 56 heavy (non-hydrogen) atoms. The maximum absolute atomic E-state index is 3.36. The summed E-state index contributed by atoms with van der Waals surface area (Å²) in [5.41, 5.74) is 11.3. The molecule has 9 unspecified atom stereocenters. The Morgan fingerprint density at radius 3 is 1.45 bits per heavy atom. The minimum absolute atomic E-state index is 0. The zero-order chi connectivity index (χ0) is 39.7. The molecular formula is C53H64Cl2Zr-2. The normalized spacial score (nSPS) is 37.9. The number of hydrogen-bond donors (Lipinski definition) is 0. The van der Waals surface area contributed by atoms with Gasteiger partial charge in [0.2, 0.25) is 0 Å². The molecule has 2 aromatic rings. The Bertz CT molecular complexity index is 2040. The van der Waals surface area contributed by atoms with Gasteiger partial charge in [0.15, 0.2) is 0 Å². The number of rotatable bonds is 2. The van der Waals surface area contributed by atoms with Crippen molar-refractivity contribution in [3.63, 3.8) is 0 Å². The van der Waals surface area contributed by atoms with E-state index in [-0.39, 0.29) is 62.7 Å². The maximum Gasteiger partial charge on any atom is -1.00 e. The van der Waals surface area contributed by atoms with Crippen LogP contribution in [-0.2, 0) is 24.2 Å². The van der Waals surface area contributed by atoms with Gasteiger partial charge in [0, 0.05) is 10.8 Å². The Labute approximate surface area is 368 Å². The van der Waals surface area contributed by atoms with Crippen LogP contribution >= 0.6 is 0 Å². The number of aryl methyl sites for hydroxylation is 2. The van der Waals surface area contributed by atoms with Gasteiger partial charge in [0.05, 0.1) is 0 Å². The molecule has 9 atom stereocenters. The Balaban J connectivity index is 0.000000217. The molecule has 0 spiro atoms. The molecule has 0 heterocycles. The van der Waals surface area contributed by atoms with Crippen LogP contribution in [0.4, 0.5) is 0 Å². The summed E-state index contributed by atoms with van der Waals surface area (Å²) in [5, 5.41) is 0. The van der Waals surface area contributed by atoms with Gasteiger partial charge in [0.1, 0.15) is 0 Å². The van der Waals surface area contributed by atoms with Crippen LogP contribution in [0.5, 0.6) is 0 Å². The third-order valence-corrected chi connectivity index (χ3v) is 18.4. The first kappa shape index (κ1) is 46.4. The SMILES string of the molecule is CC1=CC=CC2[CH-]C3(C)C4(C)C=CC=CC4(C)C4(C)C=CC=CC4(C)C3(C)C12C.CC1=[C-]C(C)C(C)=C1C.Cc1ccc([C](=[Zr+2])c2ccc(C)cc2)cc1.[Cl-].[Cl-]. The molecular weight excluding hydrogens is 799 g/mol. The average Bonchev–Trinajstić information content (AvgIpc) is 3.49. The fourth-order valence-electron chi connectivity index (χ4n) is 12.0. The number of allylic oxidation sites excluding steroid dienone is 16. The number of halogens is 2. The van der Waals surface area contributed by atoms with Crippen LogP contribution in [0.1, 0.15) is 105 Å². The van der Waals surface area contributed by atoms with Crippen LogP contribution in [0, 0.1) is 76.1 Å². The van der Waals surface area contributed by atoms with E-state index in [9.17, 15) is 0 Å². The van der Waals surface area contributed by atoms with Gasteiger partial charge in [-0.05, 0) is 28.6 Å². The fraction of sp³-hybridized carbons (Fsp3) is 0.434. The van der Waals surface area contributed by atoms with Crippen LogP contribution < -0.4 is 24.8 Å². The summed E-state index contributed by atoms with van der Waals surface area (Å²) in [7, 11) is 0. The third kappa shape index (κ3) is 6.26. The molecule has 0 aromatic heterocycles. The van der Waals surface area contributed by atoms with Crippen LogP contribution in [0.3, 0.4) is 0 Å². The first-order chi connectivity index (χ1) is 25.2. The summed E-state index contributed by atoms with van der Waals surface area (Å²) in [6.07, 6.45) is 32.6. The molecule has 296 valence electrons. The Hall–Kier alpha value is -2.31. The largest absolute Gasteiger partial charge is 1.00 e. The minimum atomic E-state index is 0. The van der Waals surface area contributed by atoms with E-state index >= 15 is 0 Å². The second-order valence-corrected chi connectivity index (χ2v) is 19.8. The predicted octanol–water partition coefficient (Wildman–Crippen LogP) is 7.80. The number of fused-ring (bicyclic) bond motifs is 8. The summed E-state index contributed by atoms with van der Waals surface area (Å²) in [6.45, 7) is 33.2. The molecule has 6 aliphatic carbocycles. The molecule has 0 bridgehead atoms. The van der Waals surface area contributed by atoms with Gasteiger partial charge >= 0.3 is 112 Å². The van der Waals surface area contributed by atoms with Crippen molar-refractivity contribution in [2.45, 2.75) is 96.9 Å². The number of benzene rings is 2. The Morgan fingerprint density at radius 2 is 1.04 bits per heavy atom. The summed E-state index contributed by atoms with van der Waals surface area (Å²) in [5.74, 6) is 1.02. The van der Waals surface area contributed by atoms with Crippen LogP contribution in [0.2, 0.25) is 0 Å². The molecule has 2 fully saturated rings. The molecule has 6 aliphatic rings. The van der Waals surface area contributed by atoms with Crippen molar-refractivity contribution in [3.05, 3.63) is 172 Å². The molecule has 2 aromatic carbocycles. The van der Waals surface area contributed by atoms with E-state index in [1.807, 2.05) is 0 Å². The molecule has 0 N–H and O–H groups in total. The fourth-order valence-corrected chi connectivity index (χ4v) is 12.8. The summed E-state index contributed by atoms with van der Waals surface area (Å²) >= 11 is 1.46. The van der Waals surface area contributed by atoms with Crippen molar-refractivity contribution in [2.24, 2.45) is 49.7 Å². The smallest absolute Gasteiger partial charge is 1.00 e. The first-order valence-corrected chi connectivity index (χ1v) is 21.4. The van der Waals surface area contributed by atoms with Crippen molar-refractivity contribution in [1.82, 2.24) is 0 Å². The van der Waals surface area contributed by atoms with E-state index in [2.05, 4.69) is 225 Å². The van der Waals surface area contributed by atoms with Crippen LogP contribution in [0.15, 0.2) is 138 Å². The quantitative estimate of drug-likeness (QED) is 0.271. The first-order valence-electron chi connectivity index (χ1n) is 20.2. The number of hydrogen-bond acceptors (Lipinski definition) is 0. The molecule has 3 heteroatoms. The van der Waals surface area contributed by atoms with Crippen LogP contribution in [0.25, 0.3) is 0 Å². The molecule has 0 radical (unpaired) electrons. The van der Waals surface area contributed by atoms with Crippen molar-refractivity contribution < 1.29 is 49.0 Å². The average molecular weight is 863 g/mol. The summed E-state index contributed by atoms with van der Waals surface area (Å²) < 4.78 is 1.42. The van der Waals surface area contributed by atoms with Gasteiger partial charge in [-0.3, -0.25) is 6.08 Å². The predicted molar refractivity (Wildman–Crippen MR) is 230 cm³/mol. The van der Waals surface area contributed by atoms with Gasteiger partial charge in [0.25, 0.3) is 0 Å².